The minimum Gasteiger partial charge on any atom is -0.465 e. The van der Waals surface area contributed by atoms with Gasteiger partial charge in [0, 0.05) is 19.2 Å². The molecule has 0 saturated heterocycles. The number of hydrogen-bond acceptors (Lipinski definition) is 5. The molecule has 28 heavy (non-hydrogen) atoms. The summed E-state index contributed by atoms with van der Waals surface area (Å²) in [6.45, 7) is -0.0620. The highest BCUT2D eigenvalue weighted by molar-refractivity contribution is 7.91. The van der Waals surface area contributed by atoms with Crippen molar-refractivity contribution in [3.63, 3.8) is 0 Å². The van der Waals surface area contributed by atoms with Gasteiger partial charge >= 0.3 is 6.09 Å². The fourth-order valence-electron chi connectivity index (χ4n) is 2.89. The lowest BCUT2D eigenvalue weighted by molar-refractivity contribution is 0.194. The summed E-state index contributed by atoms with van der Waals surface area (Å²) >= 11 is 0. The number of nitrogens with zero attached hydrogens (tertiary/aromatic N) is 2. The highest BCUT2D eigenvalue weighted by atomic mass is 32.2. The summed E-state index contributed by atoms with van der Waals surface area (Å²) in [5, 5.41) is 10.8. The van der Waals surface area contributed by atoms with Gasteiger partial charge < -0.3 is 10.4 Å². The second kappa shape index (κ2) is 7.39. The van der Waals surface area contributed by atoms with Crippen molar-refractivity contribution in [3.05, 3.63) is 64.5 Å². The molecule has 0 radical (unpaired) electrons. The van der Waals surface area contributed by atoms with Crippen molar-refractivity contribution in [2.24, 2.45) is 0 Å². The van der Waals surface area contributed by atoms with Crippen LogP contribution in [0.15, 0.2) is 52.2 Å². The van der Waals surface area contributed by atoms with Crippen molar-refractivity contribution in [3.8, 4) is 5.69 Å². The topological polar surface area (TPSA) is 118 Å². The summed E-state index contributed by atoms with van der Waals surface area (Å²) < 4.78 is 39.6. The minimum atomic E-state index is -3.74. The van der Waals surface area contributed by atoms with E-state index in [1.54, 1.807) is 0 Å². The average molecular weight is 405 g/mol. The first kappa shape index (κ1) is 19.5. The van der Waals surface area contributed by atoms with Gasteiger partial charge in [0.15, 0.2) is 9.84 Å². The van der Waals surface area contributed by atoms with E-state index in [4.69, 9.17) is 5.11 Å². The van der Waals surface area contributed by atoms with Gasteiger partial charge in [-0.15, -0.1) is 0 Å². The summed E-state index contributed by atoms with van der Waals surface area (Å²) in [7, 11) is -3.74. The number of benzene rings is 2. The van der Waals surface area contributed by atoms with E-state index in [0.717, 1.165) is 16.9 Å². The quantitative estimate of drug-likeness (QED) is 0.668. The number of hydrogen-bond donors (Lipinski definition) is 2. The van der Waals surface area contributed by atoms with Crippen LogP contribution in [0.1, 0.15) is 5.82 Å². The van der Waals surface area contributed by atoms with Crippen molar-refractivity contribution in [2.75, 3.05) is 12.8 Å². The van der Waals surface area contributed by atoms with Crippen LogP contribution in [0.4, 0.5) is 9.18 Å². The molecular formula is C18H16FN3O5S. The number of amides is 1. The van der Waals surface area contributed by atoms with Gasteiger partial charge in [-0.3, -0.25) is 9.36 Å². The number of aromatic nitrogens is 2. The monoisotopic (exact) mass is 405 g/mol. The van der Waals surface area contributed by atoms with Crippen molar-refractivity contribution >= 4 is 26.8 Å². The first-order chi connectivity index (χ1) is 13.2. The second-order valence-electron chi connectivity index (χ2n) is 6.02. The molecule has 1 amide bonds. The van der Waals surface area contributed by atoms with E-state index in [1.165, 1.54) is 36.4 Å². The fourth-order valence-corrected chi connectivity index (χ4v) is 3.77. The smallest absolute Gasteiger partial charge is 0.404 e. The fraction of sp³-hybridized carbons (Fsp3) is 0.167. The molecule has 0 aliphatic heterocycles. The molecule has 10 heteroatoms. The standard InChI is InChI=1S/C18H16FN3O5S/c1-28(26,27)14-8-4-6-12-16(14)17(23)22(13-7-3-2-5-11(13)19)15(21-12)9-10-20-18(24)25/h2-8,20H,9-10H2,1H3,(H,24,25). The number of carboxylic acid groups (broad SMARTS) is 1. The lowest BCUT2D eigenvalue weighted by Gasteiger charge is -2.15. The normalized spacial score (nSPS) is 11.5. The Morgan fingerprint density at radius 1 is 1.21 bits per heavy atom. The first-order valence-electron chi connectivity index (χ1n) is 8.16. The van der Waals surface area contributed by atoms with Crippen LogP contribution in [-0.4, -0.2) is 42.0 Å². The van der Waals surface area contributed by atoms with Crippen molar-refractivity contribution < 1.29 is 22.7 Å². The molecule has 1 heterocycles. The molecule has 0 saturated carbocycles. The maximum absolute atomic E-state index is 14.4. The van der Waals surface area contributed by atoms with Gasteiger partial charge in [-0.1, -0.05) is 18.2 Å². The summed E-state index contributed by atoms with van der Waals surface area (Å²) in [5.74, 6) is -0.600. The second-order valence-corrected chi connectivity index (χ2v) is 8.01. The van der Waals surface area contributed by atoms with Crippen molar-refractivity contribution in [1.29, 1.82) is 0 Å². The van der Waals surface area contributed by atoms with Gasteiger partial charge in [-0.25, -0.2) is 22.6 Å². The number of nitrogens with one attached hydrogen (secondary N) is 1. The van der Waals surface area contributed by atoms with Gasteiger partial charge in [0.05, 0.1) is 21.5 Å². The lowest BCUT2D eigenvalue weighted by atomic mass is 10.2. The predicted molar refractivity (Wildman–Crippen MR) is 100 cm³/mol. The zero-order valence-corrected chi connectivity index (χ0v) is 15.5. The van der Waals surface area contributed by atoms with Gasteiger partial charge in [0.25, 0.3) is 5.56 Å². The molecule has 0 bridgehead atoms. The molecule has 3 rings (SSSR count). The number of halogens is 1. The average Bonchev–Trinajstić information content (AvgIpc) is 2.61. The number of sulfone groups is 1. The maximum Gasteiger partial charge on any atom is 0.404 e. The molecule has 0 aliphatic carbocycles. The Hall–Kier alpha value is -3.27. The zero-order chi connectivity index (χ0) is 20.5. The zero-order valence-electron chi connectivity index (χ0n) is 14.7. The highest BCUT2D eigenvalue weighted by Crippen LogP contribution is 2.21. The highest BCUT2D eigenvalue weighted by Gasteiger charge is 2.21. The van der Waals surface area contributed by atoms with Crippen LogP contribution in [0.25, 0.3) is 16.6 Å². The van der Waals surface area contributed by atoms with Crippen LogP contribution in [0.5, 0.6) is 0 Å². The molecule has 2 aromatic carbocycles. The van der Waals surface area contributed by atoms with Crippen LogP contribution in [0.3, 0.4) is 0 Å². The molecule has 8 nitrogen and oxygen atoms in total. The molecule has 0 aliphatic rings. The van der Waals surface area contributed by atoms with E-state index in [9.17, 15) is 22.4 Å². The molecule has 0 unspecified atom stereocenters. The first-order valence-corrected chi connectivity index (χ1v) is 10.1. The van der Waals surface area contributed by atoms with Crippen molar-refractivity contribution in [1.82, 2.24) is 14.9 Å². The van der Waals surface area contributed by atoms with E-state index >= 15 is 0 Å². The van der Waals surface area contributed by atoms with Crippen LogP contribution in [0, 0.1) is 5.82 Å². The Bertz CT molecular complexity index is 1240. The molecule has 146 valence electrons. The Kier molecular flexibility index (Phi) is 5.14. The Morgan fingerprint density at radius 3 is 2.57 bits per heavy atom. The third-order valence-electron chi connectivity index (χ3n) is 4.05. The maximum atomic E-state index is 14.4. The molecule has 1 aromatic heterocycles. The Balaban J connectivity index is 2.36. The summed E-state index contributed by atoms with van der Waals surface area (Å²) in [5.41, 5.74) is -0.720. The number of para-hydroxylation sites is 1. The van der Waals surface area contributed by atoms with E-state index < -0.39 is 27.3 Å². The molecule has 2 N–H and O–H groups in total. The summed E-state index contributed by atoms with van der Waals surface area (Å²) in [6, 6.07) is 9.72. The van der Waals surface area contributed by atoms with E-state index in [0.29, 0.717) is 0 Å². The predicted octanol–water partition coefficient (Wildman–Crippen LogP) is 1.74. The Labute approximate surface area is 159 Å². The SMILES string of the molecule is CS(=O)(=O)c1cccc2nc(CCNC(=O)O)n(-c3ccccc3F)c(=O)c12. The number of fused-ring (bicyclic) bond motifs is 1. The molecule has 3 aromatic rings. The van der Waals surface area contributed by atoms with Crippen LogP contribution in [0.2, 0.25) is 0 Å². The van der Waals surface area contributed by atoms with E-state index in [2.05, 4.69) is 10.3 Å². The minimum absolute atomic E-state index is 0.00504. The third-order valence-corrected chi connectivity index (χ3v) is 5.19. The van der Waals surface area contributed by atoms with E-state index in [-0.39, 0.29) is 40.3 Å². The van der Waals surface area contributed by atoms with Crippen LogP contribution >= 0.6 is 0 Å². The summed E-state index contributed by atoms with van der Waals surface area (Å²) in [6.07, 6.45) is -0.284. The molecule has 0 atom stereocenters. The van der Waals surface area contributed by atoms with E-state index in [1.807, 2.05) is 0 Å². The van der Waals surface area contributed by atoms with Crippen LogP contribution in [-0.2, 0) is 16.3 Å². The lowest BCUT2D eigenvalue weighted by Crippen LogP contribution is -2.29. The molecule has 0 fully saturated rings. The van der Waals surface area contributed by atoms with Crippen molar-refractivity contribution in [2.45, 2.75) is 11.3 Å². The third kappa shape index (κ3) is 3.72. The van der Waals surface area contributed by atoms with Gasteiger partial charge in [0.2, 0.25) is 0 Å². The summed E-state index contributed by atoms with van der Waals surface area (Å²) in [4.78, 5) is 28.0. The number of carbonyl (C=O) groups is 1. The van der Waals surface area contributed by atoms with Gasteiger partial charge in [-0.05, 0) is 24.3 Å². The largest absolute Gasteiger partial charge is 0.465 e. The van der Waals surface area contributed by atoms with Gasteiger partial charge in [0.1, 0.15) is 11.6 Å². The Morgan fingerprint density at radius 2 is 1.93 bits per heavy atom. The molecule has 0 spiro atoms. The number of rotatable bonds is 5. The molecular weight excluding hydrogens is 389 g/mol. The van der Waals surface area contributed by atoms with Crippen LogP contribution < -0.4 is 10.9 Å². The van der Waals surface area contributed by atoms with Gasteiger partial charge in [-0.2, -0.15) is 0 Å².